The molecule has 2 rings (SSSR count). The summed E-state index contributed by atoms with van der Waals surface area (Å²) in [4.78, 5) is 2.03. The number of phenolic OH excluding ortho intramolecular Hbond substituents is 1. The van der Waals surface area contributed by atoms with E-state index in [1.165, 1.54) is 0 Å². The van der Waals surface area contributed by atoms with E-state index in [1.807, 2.05) is 4.90 Å². The van der Waals surface area contributed by atoms with Gasteiger partial charge in [0.05, 0.1) is 17.8 Å². The number of rotatable bonds is 2. The van der Waals surface area contributed by atoms with Crippen molar-refractivity contribution in [2.75, 3.05) is 24.6 Å². The molecule has 0 spiro atoms. The summed E-state index contributed by atoms with van der Waals surface area (Å²) in [7, 11) is 0. The number of aliphatic hydroxyl groups is 1. The molecule has 0 aliphatic carbocycles. The van der Waals surface area contributed by atoms with Crippen LogP contribution in [0.15, 0.2) is 18.2 Å². The van der Waals surface area contributed by atoms with E-state index in [4.69, 9.17) is 4.74 Å². The van der Waals surface area contributed by atoms with Gasteiger partial charge in [0, 0.05) is 12.6 Å². The maximum Gasteiger partial charge on any atom is 0.142 e. The molecule has 1 aromatic carbocycles. The summed E-state index contributed by atoms with van der Waals surface area (Å²) < 4.78 is 5.49. The normalized spacial score (nSPS) is 15.6. The summed E-state index contributed by atoms with van der Waals surface area (Å²) in [6.07, 6.45) is 0. The van der Waals surface area contributed by atoms with Crippen LogP contribution in [0.4, 0.5) is 5.69 Å². The van der Waals surface area contributed by atoms with Crippen molar-refractivity contribution in [2.45, 2.75) is 19.4 Å². The molecule has 0 unspecified atom stereocenters. The Labute approximate surface area is 95.1 Å². The van der Waals surface area contributed by atoms with Gasteiger partial charge in [0.2, 0.25) is 0 Å². The van der Waals surface area contributed by atoms with E-state index >= 15 is 0 Å². The standard InChI is InChI=1S/C12H17NO3/c1-12(2,15)8-13-5-6-16-11-4-3-9(14)7-10(11)13/h3-4,7,14-15H,5-6,8H2,1-2H3. The van der Waals surface area contributed by atoms with E-state index in [-0.39, 0.29) is 5.75 Å². The van der Waals surface area contributed by atoms with E-state index in [0.29, 0.717) is 13.2 Å². The molecule has 1 aliphatic heterocycles. The van der Waals surface area contributed by atoms with Crippen molar-refractivity contribution in [2.24, 2.45) is 0 Å². The van der Waals surface area contributed by atoms with Gasteiger partial charge in [-0.1, -0.05) is 0 Å². The summed E-state index contributed by atoms with van der Waals surface area (Å²) >= 11 is 0. The maximum absolute atomic E-state index is 9.82. The quantitative estimate of drug-likeness (QED) is 0.795. The Bertz CT molecular complexity index is 384. The molecule has 4 heteroatoms. The number of benzene rings is 1. The summed E-state index contributed by atoms with van der Waals surface area (Å²) in [5.41, 5.74) is 0.0773. The molecule has 1 aromatic rings. The molecule has 0 saturated carbocycles. The number of hydrogen-bond acceptors (Lipinski definition) is 4. The van der Waals surface area contributed by atoms with Crippen molar-refractivity contribution in [3.05, 3.63) is 18.2 Å². The van der Waals surface area contributed by atoms with Crippen LogP contribution in [-0.2, 0) is 0 Å². The summed E-state index contributed by atoms with van der Waals surface area (Å²) in [6.45, 7) is 5.39. The molecule has 0 fully saturated rings. The Kier molecular flexibility index (Phi) is 2.68. The van der Waals surface area contributed by atoms with Gasteiger partial charge < -0.3 is 19.8 Å². The molecule has 16 heavy (non-hydrogen) atoms. The van der Waals surface area contributed by atoms with Gasteiger partial charge in [0.25, 0.3) is 0 Å². The first-order valence-corrected chi connectivity index (χ1v) is 5.39. The van der Waals surface area contributed by atoms with Crippen LogP contribution >= 0.6 is 0 Å². The lowest BCUT2D eigenvalue weighted by molar-refractivity contribution is 0.0854. The molecular weight excluding hydrogens is 206 g/mol. The monoisotopic (exact) mass is 223 g/mol. The molecule has 0 radical (unpaired) electrons. The smallest absolute Gasteiger partial charge is 0.142 e. The van der Waals surface area contributed by atoms with Crippen LogP contribution in [0, 0.1) is 0 Å². The molecule has 0 atom stereocenters. The molecule has 0 saturated heterocycles. The number of nitrogens with zero attached hydrogens (tertiary/aromatic N) is 1. The third-order valence-electron chi connectivity index (χ3n) is 2.48. The van der Waals surface area contributed by atoms with Crippen molar-refractivity contribution in [3.8, 4) is 11.5 Å². The fourth-order valence-electron chi connectivity index (χ4n) is 1.89. The summed E-state index contributed by atoms with van der Waals surface area (Å²) in [5.74, 6) is 0.971. The topological polar surface area (TPSA) is 52.9 Å². The second-order valence-electron chi connectivity index (χ2n) is 4.73. The lowest BCUT2D eigenvalue weighted by Gasteiger charge is -2.35. The van der Waals surface area contributed by atoms with Crippen molar-refractivity contribution >= 4 is 5.69 Å². The molecular formula is C12H17NO3. The molecule has 0 amide bonds. The Balaban J connectivity index is 2.28. The molecule has 2 N–H and O–H groups in total. The highest BCUT2D eigenvalue weighted by Gasteiger charge is 2.24. The Hall–Kier alpha value is -1.42. The number of fused-ring (bicyclic) bond motifs is 1. The molecule has 1 heterocycles. The Morgan fingerprint density at radius 3 is 2.88 bits per heavy atom. The van der Waals surface area contributed by atoms with Crippen LogP contribution in [0.5, 0.6) is 11.5 Å². The fraction of sp³-hybridized carbons (Fsp3) is 0.500. The van der Waals surface area contributed by atoms with Gasteiger partial charge in [-0.2, -0.15) is 0 Å². The van der Waals surface area contributed by atoms with E-state index < -0.39 is 5.60 Å². The SMILES string of the molecule is CC(C)(O)CN1CCOc2ccc(O)cc21. The minimum Gasteiger partial charge on any atom is -0.508 e. The number of ether oxygens (including phenoxy) is 1. The summed E-state index contributed by atoms with van der Waals surface area (Å²) in [5, 5.41) is 19.3. The van der Waals surface area contributed by atoms with Gasteiger partial charge in [-0.05, 0) is 26.0 Å². The van der Waals surface area contributed by atoms with Crippen molar-refractivity contribution in [1.29, 1.82) is 0 Å². The van der Waals surface area contributed by atoms with E-state index in [1.54, 1.807) is 32.0 Å². The van der Waals surface area contributed by atoms with E-state index in [2.05, 4.69) is 0 Å². The van der Waals surface area contributed by atoms with Crippen LogP contribution in [0.2, 0.25) is 0 Å². The molecule has 0 aromatic heterocycles. The lowest BCUT2D eigenvalue weighted by atomic mass is 10.1. The predicted molar refractivity (Wildman–Crippen MR) is 62.1 cm³/mol. The van der Waals surface area contributed by atoms with Crippen LogP contribution in [0.1, 0.15) is 13.8 Å². The zero-order valence-electron chi connectivity index (χ0n) is 9.60. The highest BCUT2D eigenvalue weighted by atomic mass is 16.5. The van der Waals surface area contributed by atoms with Crippen LogP contribution < -0.4 is 9.64 Å². The van der Waals surface area contributed by atoms with Gasteiger partial charge in [0.1, 0.15) is 18.1 Å². The molecule has 1 aliphatic rings. The summed E-state index contributed by atoms with van der Waals surface area (Å²) in [6, 6.07) is 5.02. The number of aromatic hydroxyl groups is 1. The highest BCUT2D eigenvalue weighted by molar-refractivity contribution is 5.62. The third kappa shape index (κ3) is 2.39. The Morgan fingerprint density at radius 2 is 2.19 bits per heavy atom. The van der Waals surface area contributed by atoms with Gasteiger partial charge >= 0.3 is 0 Å². The third-order valence-corrected chi connectivity index (χ3v) is 2.48. The van der Waals surface area contributed by atoms with Crippen molar-refractivity contribution in [1.82, 2.24) is 0 Å². The minimum absolute atomic E-state index is 0.213. The number of anilines is 1. The average Bonchev–Trinajstić information content (AvgIpc) is 2.17. The van der Waals surface area contributed by atoms with Crippen molar-refractivity contribution in [3.63, 3.8) is 0 Å². The minimum atomic E-state index is -0.764. The zero-order chi connectivity index (χ0) is 11.8. The maximum atomic E-state index is 9.82. The van der Waals surface area contributed by atoms with Gasteiger partial charge in [-0.3, -0.25) is 0 Å². The second kappa shape index (κ2) is 3.87. The Morgan fingerprint density at radius 1 is 1.44 bits per heavy atom. The predicted octanol–water partition coefficient (Wildman–Crippen LogP) is 1.36. The second-order valence-corrected chi connectivity index (χ2v) is 4.73. The number of phenols is 1. The lowest BCUT2D eigenvalue weighted by Crippen LogP contribution is -2.42. The van der Waals surface area contributed by atoms with Crippen molar-refractivity contribution < 1.29 is 14.9 Å². The van der Waals surface area contributed by atoms with Gasteiger partial charge in [-0.25, -0.2) is 0 Å². The number of hydrogen-bond donors (Lipinski definition) is 2. The van der Waals surface area contributed by atoms with Gasteiger partial charge in [0.15, 0.2) is 0 Å². The fourth-order valence-corrected chi connectivity index (χ4v) is 1.89. The first-order valence-electron chi connectivity index (χ1n) is 5.39. The first kappa shape index (κ1) is 11.1. The van der Waals surface area contributed by atoms with E-state index in [9.17, 15) is 10.2 Å². The first-order chi connectivity index (χ1) is 7.46. The average molecular weight is 223 g/mol. The van der Waals surface area contributed by atoms with Crippen LogP contribution in [0.25, 0.3) is 0 Å². The molecule has 88 valence electrons. The molecule has 4 nitrogen and oxygen atoms in total. The van der Waals surface area contributed by atoms with Crippen LogP contribution in [-0.4, -0.2) is 35.5 Å². The van der Waals surface area contributed by atoms with Gasteiger partial charge in [-0.15, -0.1) is 0 Å². The molecule has 0 bridgehead atoms. The van der Waals surface area contributed by atoms with E-state index in [0.717, 1.165) is 18.0 Å². The number of β-amino-alcohol motifs (C(OH)–C–C–N with tert-alkyl or cyclic N) is 1. The highest BCUT2D eigenvalue weighted by Crippen LogP contribution is 2.35. The zero-order valence-corrected chi connectivity index (χ0v) is 9.60. The van der Waals surface area contributed by atoms with Crippen LogP contribution in [0.3, 0.4) is 0 Å². The largest absolute Gasteiger partial charge is 0.508 e.